The Balaban J connectivity index is 2.46. The molecular formula is C10H21NO2. The summed E-state index contributed by atoms with van der Waals surface area (Å²) in [6, 6.07) is 0. The third-order valence-electron chi connectivity index (χ3n) is 2.90. The van der Waals surface area contributed by atoms with E-state index in [1.54, 1.807) is 7.11 Å². The summed E-state index contributed by atoms with van der Waals surface area (Å²) in [5.41, 5.74) is 5.66. The van der Waals surface area contributed by atoms with Gasteiger partial charge in [-0.2, -0.15) is 0 Å². The summed E-state index contributed by atoms with van der Waals surface area (Å²) < 4.78 is 10.6. The molecule has 0 radical (unpaired) electrons. The van der Waals surface area contributed by atoms with E-state index in [0.717, 1.165) is 18.8 Å². The van der Waals surface area contributed by atoms with Crippen LogP contribution in [-0.2, 0) is 9.47 Å². The van der Waals surface area contributed by atoms with Gasteiger partial charge in [-0.05, 0) is 18.8 Å². The quantitative estimate of drug-likeness (QED) is 0.679. The van der Waals surface area contributed by atoms with Gasteiger partial charge in [0.25, 0.3) is 0 Å². The highest BCUT2D eigenvalue weighted by atomic mass is 16.7. The van der Waals surface area contributed by atoms with E-state index in [2.05, 4.69) is 6.92 Å². The predicted octanol–water partition coefficient (Wildman–Crippen LogP) is 1.51. The highest BCUT2D eigenvalue weighted by molar-refractivity contribution is 4.87. The summed E-state index contributed by atoms with van der Waals surface area (Å²) in [5, 5.41) is 0. The summed E-state index contributed by atoms with van der Waals surface area (Å²) in [5.74, 6) is 0.731. The van der Waals surface area contributed by atoms with Crippen molar-refractivity contribution in [3.05, 3.63) is 0 Å². The molecule has 2 atom stereocenters. The van der Waals surface area contributed by atoms with E-state index < -0.39 is 0 Å². The van der Waals surface area contributed by atoms with E-state index in [4.69, 9.17) is 15.2 Å². The van der Waals surface area contributed by atoms with E-state index in [1.165, 1.54) is 12.8 Å². The molecule has 1 fully saturated rings. The van der Waals surface area contributed by atoms with E-state index >= 15 is 0 Å². The van der Waals surface area contributed by atoms with Gasteiger partial charge in [0.2, 0.25) is 0 Å². The van der Waals surface area contributed by atoms with Crippen LogP contribution in [0.2, 0.25) is 0 Å². The van der Waals surface area contributed by atoms with Crippen LogP contribution >= 0.6 is 0 Å². The Morgan fingerprint density at radius 1 is 1.54 bits per heavy atom. The summed E-state index contributed by atoms with van der Waals surface area (Å²) in [4.78, 5) is 0. The van der Waals surface area contributed by atoms with E-state index in [9.17, 15) is 0 Å². The first-order valence-electron chi connectivity index (χ1n) is 5.05. The molecule has 0 aliphatic heterocycles. The molecule has 0 heterocycles. The predicted molar refractivity (Wildman–Crippen MR) is 52.4 cm³/mol. The molecule has 0 saturated heterocycles. The number of nitrogens with two attached hydrogens (primary N) is 1. The first kappa shape index (κ1) is 11.0. The minimum atomic E-state index is -0.103. The Kier molecular flexibility index (Phi) is 4.16. The van der Waals surface area contributed by atoms with E-state index in [1.807, 2.05) is 0 Å². The van der Waals surface area contributed by atoms with Gasteiger partial charge in [-0.25, -0.2) is 0 Å². The zero-order valence-electron chi connectivity index (χ0n) is 8.71. The van der Waals surface area contributed by atoms with Gasteiger partial charge in [0.1, 0.15) is 6.79 Å². The second-order valence-electron chi connectivity index (χ2n) is 4.14. The molecule has 0 spiro atoms. The zero-order valence-corrected chi connectivity index (χ0v) is 8.71. The second-order valence-corrected chi connectivity index (χ2v) is 4.14. The van der Waals surface area contributed by atoms with Crippen LogP contribution < -0.4 is 5.73 Å². The van der Waals surface area contributed by atoms with Crippen LogP contribution in [0.15, 0.2) is 0 Å². The van der Waals surface area contributed by atoms with Crippen LogP contribution in [0.5, 0.6) is 0 Å². The van der Waals surface area contributed by atoms with Crippen LogP contribution in [0, 0.1) is 5.92 Å². The second kappa shape index (κ2) is 4.94. The standard InChI is InChI=1S/C10H21NO2/c1-9-4-3-5-10(6-9,7-11)13-8-12-2/h9H,3-8,11H2,1-2H3. The molecule has 1 saturated carbocycles. The molecule has 1 aliphatic carbocycles. The van der Waals surface area contributed by atoms with E-state index in [-0.39, 0.29) is 5.60 Å². The molecule has 1 aliphatic rings. The molecule has 13 heavy (non-hydrogen) atoms. The lowest BCUT2D eigenvalue weighted by Gasteiger charge is -2.38. The summed E-state index contributed by atoms with van der Waals surface area (Å²) in [6.07, 6.45) is 4.68. The van der Waals surface area contributed by atoms with Crippen molar-refractivity contribution in [2.45, 2.75) is 38.2 Å². The molecule has 2 N–H and O–H groups in total. The number of hydrogen-bond donors (Lipinski definition) is 1. The maximum atomic E-state index is 5.76. The van der Waals surface area contributed by atoms with Crippen LogP contribution in [-0.4, -0.2) is 26.0 Å². The average Bonchev–Trinajstić information content (AvgIpc) is 2.15. The van der Waals surface area contributed by atoms with Gasteiger partial charge < -0.3 is 15.2 Å². The van der Waals surface area contributed by atoms with Gasteiger partial charge in [-0.1, -0.05) is 19.8 Å². The molecule has 1 rings (SSSR count). The first-order chi connectivity index (χ1) is 6.22. The van der Waals surface area contributed by atoms with Crippen molar-refractivity contribution in [1.29, 1.82) is 0 Å². The molecule has 3 heteroatoms. The van der Waals surface area contributed by atoms with Crippen LogP contribution in [0.4, 0.5) is 0 Å². The Morgan fingerprint density at radius 3 is 2.85 bits per heavy atom. The van der Waals surface area contributed by atoms with Gasteiger partial charge in [-0.15, -0.1) is 0 Å². The van der Waals surface area contributed by atoms with Crippen LogP contribution in [0.3, 0.4) is 0 Å². The topological polar surface area (TPSA) is 44.5 Å². The molecule has 0 aromatic rings. The normalized spacial score (nSPS) is 34.8. The lowest BCUT2D eigenvalue weighted by atomic mass is 9.79. The molecule has 78 valence electrons. The van der Waals surface area contributed by atoms with Gasteiger partial charge in [0.05, 0.1) is 5.60 Å². The Hall–Kier alpha value is -0.120. The highest BCUT2D eigenvalue weighted by Gasteiger charge is 2.34. The van der Waals surface area contributed by atoms with Crippen LogP contribution in [0.1, 0.15) is 32.6 Å². The third kappa shape index (κ3) is 2.93. The maximum Gasteiger partial charge on any atom is 0.147 e. The monoisotopic (exact) mass is 187 g/mol. The Labute approximate surface area is 80.6 Å². The van der Waals surface area contributed by atoms with Crippen LogP contribution in [0.25, 0.3) is 0 Å². The summed E-state index contributed by atoms with van der Waals surface area (Å²) in [7, 11) is 1.65. The van der Waals surface area contributed by atoms with Crippen molar-refractivity contribution in [2.75, 3.05) is 20.4 Å². The van der Waals surface area contributed by atoms with Gasteiger partial charge in [-0.3, -0.25) is 0 Å². The van der Waals surface area contributed by atoms with Crippen molar-refractivity contribution < 1.29 is 9.47 Å². The van der Waals surface area contributed by atoms with E-state index in [0.29, 0.717) is 13.3 Å². The Morgan fingerprint density at radius 2 is 2.31 bits per heavy atom. The lowest BCUT2D eigenvalue weighted by molar-refractivity contribution is -0.146. The van der Waals surface area contributed by atoms with Crippen molar-refractivity contribution in [2.24, 2.45) is 11.7 Å². The van der Waals surface area contributed by atoms with Crippen molar-refractivity contribution in [3.8, 4) is 0 Å². The molecule has 3 nitrogen and oxygen atoms in total. The third-order valence-corrected chi connectivity index (χ3v) is 2.90. The molecule has 0 bridgehead atoms. The van der Waals surface area contributed by atoms with Crippen molar-refractivity contribution in [3.63, 3.8) is 0 Å². The zero-order chi connectivity index (χ0) is 9.73. The highest BCUT2D eigenvalue weighted by Crippen LogP contribution is 2.34. The minimum Gasteiger partial charge on any atom is -0.359 e. The average molecular weight is 187 g/mol. The Bertz CT molecular complexity index is 152. The molecular weight excluding hydrogens is 166 g/mol. The minimum absolute atomic E-state index is 0.103. The fourth-order valence-corrected chi connectivity index (χ4v) is 2.17. The maximum absolute atomic E-state index is 5.76. The summed E-state index contributed by atoms with van der Waals surface area (Å²) >= 11 is 0. The lowest BCUT2D eigenvalue weighted by Crippen LogP contribution is -2.44. The molecule has 2 unspecified atom stereocenters. The fraction of sp³-hybridized carbons (Fsp3) is 1.00. The summed E-state index contributed by atoms with van der Waals surface area (Å²) in [6.45, 7) is 3.24. The van der Waals surface area contributed by atoms with Gasteiger partial charge in [0.15, 0.2) is 0 Å². The fourth-order valence-electron chi connectivity index (χ4n) is 2.17. The smallest absolute Gasteiger partial charge is 0.147 e. The van der Waals surface area contributed by atoms with Gasteiger partial charge in [0, 0.05) is 13.7 Å². The molecule has 0 aromatic carbocycles. The number of ether oxygens (including phenoxy) is 2. The number of rotatable bonds is 4. The molecule has 0 aromatic heterocycles. The number of methoxy groups -OCH3 is 1. The van der Waals surface area contributed by atoms with Crippen molar-refractivity contribution in [1.82, 2.24) is 0 Å². The first-order valence-corrected chi connectivity index (χ1v) is 5.05. The largest absolute Gasteiger partial charge is 0.359 e. The van der Waals surface area contributed by atoms with Gasteiger partial charge >= 0.3 is 0 Å². The SMILES string of the molecule is COCOC1(CN)CCCC(C)C1. The van der Waals surface area contributed by atoms with Crippen molar-refractivity contribution >= 4 is 0 Å². The molecule has 0 amide bonds. The number of hydrogen-bond acceptors (Lipinski definition) is 3.